The van der Waals surface area contributed by atoms with Crippen molar-refractivity contribution < 1.29 is 12.7 Å². The molecule has 0 saturated heterocycles. The van der Waals surface area contributed by atoms with Crippen LogP contribution in [0.4, 0.5) is 0 Å². The Bertz CT molecular complexity index is 203. The smallest absolute Gasteiger partial charge is 0.268 e. The van der Waals surface area contributed by atoms with Crippen molar-refractivity contribution in [1.29, 1.82) is 0 Å². The Morgan fingerprint density at radius 2 is 2.11 bits per heavy atom. The Labute approximate surface area is 58.6 Å². The van der Waals surface area contributed by atoms with Crippen LogP contribution < -0.4 is 0 Å². The maximum absolute atomic E-state index is 10.1. The van der Waals surface area contributed by atoms with Crippen molar-refractivity contribution in [3.05, 3.63) is 0 Å². The summed E-state index contributed by atoms with van der Waals surface area (Å²) in [6.07, 6.45) is 0.885. The number of nitrogens with zero attached hydrogens (tertiary/aromatic N) is 1. The van der Waals surface area contributed by atoms with E-state index in [-0.39, 0.29) is 5.17 Å². The molecule has 0 atom stereocenters. The predicted octanol–water partition coefficient (Wildman–Crippen LogP) is 0.535. The number of oxime groups is 1. The van der Waals surface area contributed by atoms with Crippen molar-refractivity contribution in [2.75, 3.05) is 6.26 Å². The van der Waals surface area contributed by atoms with Gasteiger partial charge in [0, 0.05) is 0 Å². The Morgan fingerprint density at radius 3 is 2.22 bits per heavy atom. The molecule has 0 amide bonds. The van der Waals surface area contributed by atoms with Crippen molar-refractivity contribution in [3.8, 4) is 0 Å². The SMILES string of the molecule is C/C(Cl)=N/OS(C)(=O)=O. The van der Waals surface area contributed by atoms with Gasteiger partial charge in [0.1, 0.15) is 5.17 Å². The van der Waals surface area contributed by atoms with Crippen LogP contribution >= 0.6 is 11.6 Å². The summed E-state index contributed by atoms with van der Waals surface area (Å²) in [6, 6.07) is 0. The average Bonchev–Trinajstić information content (AvgIpc) is 1.59. The van der Waals surface area contributed by atoms with Crippen LogP contribution in [0.1, 0.15) is 6.92 Å². The second kappa shape index (κ2) is 3.03. The molecular formula is C3H6ClNO3S. The molecule has 6 heteroatoms. The molecule has 0 aromatic rings. The maximum Gasteiger partial charge on any atom is 0.325 e. The van der Waals surface area contributed by atoms with E-state index in [4.69, 9.17) is 11.6 Å². The normalized spacial score (nSPS) is 13.4. The predicted molar refractivity (Wildman–Crippen MR) is 34.9 cm³/mol. The first kappa shape index (κ1) is 8.71. The van der Waals surface area contributed by atoms with E-state index in [9.17, 15) is 8.42 Å². The lowest BCUT2D eigenvalue weighted by molar-refractivity contribution is 0.344. The van der Waals surface area contributed by atoms with Crippen LogP contribution in [-0.2, 0) is 14.4 Å². The lowest BCUT2D eigenvalue weighted by Gasteiger charge is -1.90. The summed E-state index contributed by atoms with van der Waals surface area (Å²) in [5.74, 6) is 0. The highest BCUT2D eigenvalue weighted by Gasteiger charge is 1.97. The molecule has 0 bridgehead atoms. The van der Waals surface area contributed by atoms with Crippen LogP contribution in [0, 0.1) is 0 Å². The molecule has 0 fully saturated rings. The van der Waals surface area contributed by atoms with Gasteiger partial charge in [-0.15, -0.1) is 0 Å². The number of rotatable bonds is 2. The average molecular weight is 172 g/mol. The third-order valence-corrected chi connectivity index (χ3v) is 0.713. The lowest BCUT2D eigenvalue weighted by atomic mass is 10.9. The summed E-state index contributed by atoms with van der Waals surface area (Å²) in [5, 5.41) is 3.03. The molecule has 4 nitrogen and oxygen atoms in total. The topological polar surface area (TPSA) is 55.7 Å². The molecule has 0 aliphatic heterocycles. The molecule has 0 rings (SSSR count). The van der Waals surface area contributed by atoms with Gasteiger partial charge in [-0.3, -0.25) is 4.28 Å². The van der Waals surface area contributed by atoms with Crippen molar-refractivity contribution >= 4 is 26.9 Å². The van der Waals surface area contributed by atoms with E-state index in [0.29, 0.717) is 0 Å². The molecule has 9 heavy (non-hydrogen) atoms. The monoisotopic (exact) mass is 171 g/mol. The fourth-order valence-electron chi connectivity index (χ4n) is 0.119. The molecular weight excluding hydrogens is 166 g/mol. The molecule has 0 aromatic heterocycles. The molecule has 0 N–H and O–H groups in total. The van der Waals surface area contributed by atoms with Crippen molar-refractivity contribution in [2.45, 2.75) is 6.92 Å². The zero-order valence-corrected chi connectivity index (χ0v) is 6.53. The molecule has 0 radical (unpaired) electrons. The quantitative estimate of drug-likeness (QED) is 0.450. The van der Waals surface area contributed by atoms with Gasteiger partial charge in [0.05, 0.1) is 6.26 Å². The van der Waals surface area contributed by atoms with Gasteiger partial charge < -0.3 is 0 Å². The van der Waals surface area contributed by atoms with Crippen LogP contribution in [0.2, 0.25) is 0 Å². The van der Waals surface area contributed by atoms with Gasteiger partial charge in [-0.1, -0.05) is 16.8 Å². The highest BCUT2D eigenvalue weighted by Crippen LogP contribution is 1.90. The van der Waals surface area contributed by atoms with E-state index >= 15 is 0 Å². The van der Waals surface area contributed by atoms with Crippen LogP contribution in [-0.4, -0.2) is 19.8 Å². The van der Waals surface area contributed by atoms with Crippen LogP contribution in [0.3, 0.4) is 0 Å². The minimum absolute atomic E-state index is 0.0421. The second-order valence-corrected chi connectivity index (χ2v) is 3.47. The lowest BCUT2D eigenvalue weighted by Crippen LogP contribution is -1.97. The van der Waals surface area contributed by atoms with Gasteiger partial charge in [-0.25, -0.2) is 0 Å². The number of hydrogen-bond donors (Lipinski definition) is 0. The summed E-state index contributed by atoms with van der Waals surface area (Å²) in [5.41, 5.74) is 0. The zero-order valence-electron chi connectivity index (χ0n) is 4.96. The largest absolute Gasteiger partial charge is 0.325 e. The van der Waals surface area contributed by atoms with E-state index in [2.05, 4.69) is 9.44 Å². The summed E-state index contributed by atoms with van der Waals surface area (Å²) in [6.45, 7) is 1.41. The first-order chi connectivity index (χ1) is 3.92. The third-order valence-electron chi connectivity index (χ3n) is 0.298. The second-order valence-electron chi connectivity index (χ2n) is 1.37. The summed E-state index contributed by atoms with van der Waals surface area (Å²) in [4.78, 5) is 0. The molecule has 54 valence electrons. The highest BCUT2D eigenvalue weighted by molar-refractivity contribution is 7.85. The molecule has 0 unspecified atom stereocenters. The summed E-state index contributed by atoms with van der Waals surface area (Å²) in [7, 11) is -3.49. The fraction of sp³-hybridized carbons (Fsp3) is 0.667. The van der Waals surface area contributed by atoms with Crippen LogP contribution in [0.5, 0.6) is 0 Å². The summed E-state index contributed by atoms with van der Waals surface area (Å²) >= 11 is 5.14. The molecule has 0 aromatic carbocycles. The van der Waals surface area contributed by atoms with Crippen LogP contribution in [0.25, 0.3) is 0 Å². The fourth-order valence-corrected chi connectivity index (χ4v) is 0.442. The first-order valence-corrected chi connectivity index (χ1v) is 4.20. The first-order valence-electron chi connectivity index (χ1n) is 2.00. The van der Waals surface area contributed by atoms with Gasteiger partial charge in [0.25, 0.3) is 0 Å². The minimum atomic E-state index is -3.49. The Hall–Kier alpha value is -0.290. The Balaban J connectivity index is 3.95. The van der Waals surface area contributed by atoms with E-state index in [0.717, 1.165) is 6.26 Å². The molecule has 0 saturated carbocycles. The minimum Gasteiger partial charge on any atom is -0.268 e. The van der Waals surface area contributed by atoms with E-state index < -0.39 is 10.1 Å². The Morgan fingerprint density at radius 1 is 1.67 bits per heavy atom. The van der Waals surface area contributed by atoms with Crippen LogP contribution in [0.15, 0.2) is 5.16 Å². The van der Waals surface area contributed by atoms with Crippen molar-refractivity contribution in [3.63, 3.8) is 0 Å². The van der Waals surface area contributed by atoms with E-state index in [1.54, 1.807) is 0 Å². The van der Waals surface area contributed by atoms with Gasteiger partial charge in [-0.2, -0.15) is 8.42 Å². The summed E-state index contributed by atoms with van der Waals surface area (Å²) < 4.78 is 24.2. The molecule has 0 spiro atoms. The number of hydrogen-bond acceptors (Lipinski definition) is 4. The van der Waals surface area contributed by atoms with Gasteiger partial charge in [-0.05, 0) is 6.92 Å². The van der Waals surface area contributed by atoms with Crippen molar-refractivity contribution in [1.82, 2.24) is 0 Å². The van der Waals surface area contributed by atoms with E-state index in [1.807, 2.05) is 0 Å². The molecule has 0 aliphatic rings. The van der Waals surface area contributed by atoms with Gasteiger partial charge in [0.2, 0.25) is 0 Å². The van der Waals surface area contributed by atoms with Gasteiger partial charge in [0.15, 0.2) is 0 Å². The molecule has 0 heterocycles. The molecule has 0 aliphatic carbocycles. The zero-order chi connectivity index (χ0) is 7.49. The maximum atomic E-state index is 10.1. The van der Waals surface area contributed by atoms with Crippen molar-refractivity contribution in [2.24, 2.45) is 5.16 Å². The number of halogens is 1. The highest BCUT2D eigenvalue weighted by atomic mass is 35.5. The third kappa shape index (κ3) is 7.71. The standard InChI is InChI=1S/C3H6ClNO3S/c1-3(4)5-8-9(2,6)7/h1-2H3/b5-3-. The Kier molecular flexibility index (Phi) is 2.93. The van der Waals surface area contributed by atoms with Gasteiger partial charge >= 0.3 is 10.1 Å². The van der Waals surface area contributed by atoms with E-state index in [1.165, 1.54) is 6.92 Å².